The van der Waals surface area contributed by atoms with E-state index in [1.54, 1.807) is 6.07 Å². The van der Waals surface area contributed by atoms with Gasteiger partial charge in [-0.25, -0.2) is 4.98 Å². The minimum Gasteiger partial charge on any atom is -0.349 e. The van der Waals surface area contributed by atoms with E-state index in [1.165, 1.54) is 12.3 Å². The number of hydrogen-bond acceptors (Lipinski definition) is 2. The van der Waals surface area contributed by atoms with Crippen LogP contribution in [0.15, 0.2) is 18.3 Å². The van der Waals surface area contributed by atoms with E-state index in [4.69, 9.17) is 0 Å². The van der Waals surface area contributed by atoms with Gasteiger partial charge in [0.15, 0.2) is 0 Å². The SMILES string of the molecule is CC1CCC(NC(=O)c2cccnc2F)C1. The van der Waals surface area contributed by atoms with Crippen LogP contribution in [0.4, 0.5) is 4.39 Å². The van der Waals surface area contributed by atoms with Crippen LogP contribution >= 0.6 is 0 Å². The van der Waals surface area contributed by atoms with Gasteiger partial charge in [-0.15, -0.1) is 0 Å². The Balaban J connectivity index is 2.01. The van der Waals surface area contributed by atoms with E-state index < -0.39 is 5.95 Å². The van der Waals surface area contributed by atoms with Gasteiger partial charge in [0.25, 0.3) is 5.91 Å². The maximum Gasteiger partial charge on any atom is 0.256 e. The first-order chi connectivity index (χ1) is 7.66. The molecule has 86 valence electrons. The Morgan fingerprint density at radius 1 is 1.56 bits per heavy atom. The highest BCUT2D eigenvalue weighted by Gasteiger charge is 2.24. The number of carbonyl (C=O) groups is 1. The predicted octanol–water partition coefficient (Wildman–Crippen LogP) is 2.14. The van der Waals surface area contributed by atoms with Gasteiger partial charge < -0.3 is 5.32 Å². The van der Waals surface area contributed by atoms with E-state index in [1.807, 2.05) is 0 Å². The van der Waals surface area contributed by atoms with E-state index in [9.17, 15) is 9.18 Å². The first kappa shape index (κ1) is 11.0. The monoisotopic (exact) mass is 222 g/mol. The van der Waals surface area contributed by atoms with Gasteiger partial charge in [-0.05, 0) is 37.3 Å². The lowest BCUT2D eigenvalue weighted by Crippen LogP contribution is -2.33. The van der Waals surface area contributed by atoms with Gasteiger partial charge in [0.2, 0.25) is 5.95 Å². The first-order valence-corrected chi connectivity index (χ1v) is 5.58. The van der Waals surface area contributed by atoms with Crippen LogP contribution in [0, 0.1) is 11.9 Å². The summed E-state index contributed by atoms with van der Waals surface area (Å²) in [6, 6.07) is 3.20. The van der Waals surface area contributed by atoms with Gasteiger partial charge in [-0.1, -0.05) is 6.92 Å². The second-order valence-corrected chi connectivity index (χ2v) is 4.43. The third-order valence-electron chi connectivity index (χ3n) is 3.03. The maximum absolute atomic E-state index is 13.2. The quantitative estimate of drug-likeness (QED) is 0.779. The molecular weight excluding hydrogens is 207 g/mol. The highest BCUT2D eigenvalue weighted by molar-refractivity contribution is 5.94. The number of rotatable bonds is 2. The minimum absolute atomic E-state index is 0.0297. The Morgan fingerprint density at radius 3 is 3.00 bits per heavy atom. The molecule has 0 aliphatic heterocycles. The Kier molecular flexibility index (Phi) is 3.17. The summed E-state index contributed by atoms with van der Waals surface area (Å²) in [5.41, 5.74) is 0.0297. The third kappa shape index (κ3) is 2.38. The predicted molar refractivity (Wildman–Crippen MR) is 58.5 cm³/mol. The Morgan fingerprint density at radius 2 is 2.38 bits per heavy atom. The minimum atomic E-state index is -0.703. The topological polar surface area (TPSA) is 42.0 Å². The lowest BCUT2D eigenvalue weighted by molar-refractivity contribution is 0.0932. The van der Waals surface area contributed by atoms with Crippen LogP contribution in [-0.4, -0.2) is 16.9 Å². The second-order valence-electron chi connectivity index (χ2n) is 4.43. The van der Waals surface area contributed by atoms with Gasteiger partial charge in [0.1, 0.15) is 0 Å². The van der Waals surface area contributed by atoms with Crippen LogP contribution in [-0.2, 0) is 0 Å². The highest BCUT2D eigenvalue weighted by Crippen LogP contribution is 2.24. The van der Waals surface area contributed by atoms with Crippen molar-refractivity contribution in [2.45, 2.75) is 32.2 Å². The summed E-state index contributed by atoms with van der Waals surface area (Å²) in [4.78, 5) is 15.2. The molecule has 0 bridgehead atoms. The fraction of sp³-hybridized carbons (Fsp3) is 0.500. The first-order valence-electron chi connectivity index (χ1n) is 5.58. The number of hydrogen-bond donors (Lipinski definition) is 1. The van der Waals surface area contributed by atoms with Gasteiger partial charge >= 0.3 is 0 Å². The van der Waals surface area contributed by atoms with Gasteiger partial charge in [0.05, 0.1) is 5.56 Å². The largest absolute Gasteiger partial charge is 0.349 e. The number of nitrogens with one attached hydrogen (secondary N) is 1. The van der Waals surface area contributed by atoms with Crippen LogP contribution in [0.5, 0.6) is 0 Å². The smallest absolute Gasteiger partial charge is 0.256 e. The third-order valence-corrected chi connectivity index (χ3v) is 3.03. The summed E-state index contributed by atoms with van der Waals surface area (Å²) >= 11 is 0. The summed E-state index contributed by atoms with van der Waals surface area (Å²) in [5, 5.41) is 2.85. The van der Waals surface area contributed by atoms with Crippen LogP contribution in [0.3, 0.4) is 0 Å². The molecule has 1 heterocycles. The summed E-state index contributed by atoms with van der Waals surface area (Å²) in [6.07, 6.45) is 4.42. The van der Waals surface area contributed by atoms with Crippen LogP contribution in [0.2, 0.25) is 0 Å². The zero-order valence-corrected chi connectivity index (χ0v) is 9.24. The molecule has 1 amide bonds. The molecule has 0 aromatic carbocycles. The van der Waals surface area contributed by atoms with E-state index >= 15 is 0 Å². The van der Waals surface area contributed by atoms with Gasteiger partial charge in [-0.2, -0.15) is 4.39 Å². The standard InChI is InChI=1S/C12H15FN2O/c1-8-4-5-9(7-8)15-12(16)10-3-2-6-14-11(10)13/h2-3,6,8-9H,4-5,7H2,1H3,(H,15,16). The number of nitrogens with zero attached hydrogens (tertiary/aromatic N) is 1. The normalized spacial score (nSPS) is 24.4. The van der Waals surface area contributed by atoms with Crippen LogP contribution in [0.1, 0.15) is 36.5 Å². The van der Waals surface area contributed by atoms with Crippen molar-refractivity contribution in [1.82, 2.24) is 10.3 Å². The van der Waals surface area contributed by atoms with Crippen molar-refractivity contribution in [1.29, 1.82) is 0 Å². The van der Waals surface area contributed by atoms with Gasteiger partial charge in [0, 0.05) is 12.2 Å². The molecule has 1 fully saturated rings. The number of aromatic nitrogens is 1. The fourth-order valence-electron chi connectivity index (χ4n) is 2.16. The van der Waals surface area contributed by atoms with E-state index in [0.29, 0.717) is 5.92 Å². The molecule has 16 heavy (non-hydrogen) atoms. The number of carbonyl (C=O) groups excluding carboxylic acids is 1. The molecule has 1 aromatic heterocycles. The number of halogens is 1. The van der Waals surface area contributed by atoms with Crippen molar-refractivity contribution >= 4 is 5.91 Å². The van der Waals surface area contributed by atoms with Crippen molar-refractivity contribution in [3.05, 3.63) is 29.8 Å². The summed E-state index contributed by atoms with van der Waals surface area (Å²) < 4.78 is 13.2. The molecular formula is C12H15FN2O. The molecule has 1 N–H and O–H groups in total. The molecule has 0 saturated heterocycles. The zero-order chi connectivity index (χ0) is 11.5. The highest BCUT2D eigenvalue weighted by atomic mass is 19.1. The molecule has 1 aliphatic rings. The van der Waals surface area contributed by atoms with Crippen molar-refractivity contribution in [3.8, 4) is 0 Å². The Bertz CT molecular complexity index is 394. The molecule has 0 radical (unpaired) electrons. The average molecular weight is 222 g/mol. The number of amides is 1. The zero-order valence-electron chi connectivity index (χ0n) is 9.24. The van der Waals surface area contributed by atoms with Crippen LogP contribution < -0.4 is 5.32 Å². The molecule has 4 heteroatoms. The van der Waals surface area contributed by atoms with E-state index in [-0.39, 0.29) is 17.5 Å². The molecule has 1 aromatic rings. The van der Waals surface area contributed by atoms with Crippen LogP contribution in [0.25, 0.3) is 0 Å². The number of pyridine rings is 1. The van der Waals surface area contributed by atoms with Crippen molar-refractivity contribution in [3.63, 3.8) is 0 Å². The lowest BCUT2D eigenvalue weighted by atomic mass is 10.1. The fourth-order valence-corrected chi connectivity index (χ4v) is 2.16. The molecule has 1 aliphatic carbocycles. The van der Waals surface area contributed by atoms with Crippen molar-refractivity contribution < 1.29 is 9.18 Å². The molecule has 3 nitrogen and oxygen atoms in total. The van der Waals surface area contributed by atoms with Crippen molar-refractivity contribution in [2.75, 3.05) is 0 Å². The summed E-state index contributed by atoms with van der Waals surface area (Å²) in [6.45, 7) is 2.16. The van der Waals surface area contributed by atoms with Crippen molar-refractivity contribution in [2.24, 2.45) is 5.92 Å². The van der Waals surface area contributed by atoms with Gasteiger partial charge in [-0.3, -0.25) is 4.79 Å². The lowest BCUT2D eigenvalue weighted by Gasteiger charge is -2.12. The molecule has 2 rings (SSSR count). The summed E-state index contributed by atoms with van der Waals surface area (Å²) in [7, 11) is 0. The molecule has 1 saturated carbocycles. The van der Waals surface area contributed by atoms with E-state index in [2.05, 4.69) is 17.2 Å². The Labute approximate surface area is 94.1 Å². The average Bonchev–Trinajstić information content (AvgIpc) is 2.64. The maximum atomic E-state index is 13.2. The molecule has 2 unspecified atom stereocenters. The molecule has 2 atom stereocenters. The summed E-state index contributed by atoms with van der Waals surface area (Å²) in [5.74, 6) is -0.417. The molecule has 0 spiro atoms. The Hall–Kier alpha value is -1.45. The van der Waals surface area contributed by atoms with E-state index in [0.717, 1.165) is 19.3 Å². The second kappa shape index (κ2) is 4.60.